The molecule has 20 heavy (non-hydrogen) atoms. The molecular formula is C15H16N2O3. The van der Waals surface area contributed by atoms with Crippen LogP contribution < -0.4 is 10.2 Å². The summed E-state index contributed by atoms with van der Waals surface area (Å²) >= 11 is 0. The number of benzene rings is 1. The molecule has 104 valence electrons. The van der Waals surface area contributed by atoms with E-state index in [4.69, 9.17) is 4.74 Å². The summed E-state index contributed by atoms with van der Waals surface area (Å²) in [6, 6.07) is 5.79. The Kier molecular flexibility index (Phi) is 2.57. The van der Waals surface area contributed by atoms with Gasteiger partial charge in [-0.25, -0.2) is 4.90 Å². The SMILES string of the molecule is O=C1C2CCC(O2)C(=O)N1c1ccc2c(c1)NCCC2. The Balaban J connectivity index is 1.73. The molecule has 1 aromatic carbocycles. The Morgan fingerprint density at radius 3 is 2.65 bits per heavy atom. The predicted octanol–water partition coefficient (Wildman–Crippen LogP) is 1.47. The molecule has 2 saturated heterocycles. The van der Waals surface area contributed by atoms with Gasteiger partial charge in [0.1, 0.15) is 12.2 Å². The molecule has 3 aliphatic rings. The molecule has 2 fully saturated rings. The van der Waals surface area contributed by atoms with Gasteiger partial charge < -0.3 is 10.1 Å². The molecule has 0 radical (unpaired) electrons. The molecule has 5 nitrogen and oxygen atoms in total. The standard InChI is InChI=1S/C15H16N2O3/c18-14-12-5-6-13(20-12)15(19)17(14)10-4-3-9-2-1-7-16-11(9)8-10/h3-4,8,12-13,16H,1-2,5-7H2. The number of nitrogens with one attached hydrogen (secondary N) is 1. The van der Waals surface area contributed by atoms with Crippen molar-refractivity contribution in [3.8, 4) is 0 Å². The van der Waals surface area contributed by atoms with Crippen molar-refractivity contribution in [1.29, 1.82) is 0 Å². The lowest BCUT2D eigenvalue weighted by molar-refractivity contribution is -0.146. The van der Waals surface area contributed by atoms with E-state index in [2.05, 4.69) is 5.32 Å². The van der Waals surface area contributed by atoms with E-state index >= 15 is 0 Å². The average Bonchev–Trinajstić information content (AvgIpc) is 2.92. The molecule has 1 N–H and O–H groups in total. The van der Waals surface area contributed by atoms with Crippen molar-refractivity contribution in [2.24, 2.45) is 0 Å². The highest BCUT2D eigenvalue weighted by Crippen LogP contribution is 2.34. The van der Waals surface area contributed by atoms with Gasteiger partial charge in [0.05, 0.1) is 5.69 Å². The van der Waals surface area contributed by atoms with Gasteiger partial charge in [0.2, 0.25) is 0 Å². The van der Waals surface area contributed by atoms with Gasteiger partial charge >= 0.3 is 0 Å². The molecule has 1 aromatic rings. The van der Waals surface area contributed by atoms with Gasteiger partial charge in [-0.3, -0.25) is 9.59 Å². The quantitative estimate of drug-likeness (QED) is 0.786. The Morgan fingerprint density at radius 2 is 1.90 bits per heavy atom. The molecule has 0 spiro atoms. The van der Waals surface area contributed by atoms with Crippen LogP contribution in [0.3, 0.4) is 0 Å². The number of morpholine rings is 1. The number of rotatable bonds is 1. The van der Waals surface area contributed by atoms with E-state index in [0.29, 0.717) is 18.5 Å². The highest BCUT2D eigenvalue weighted by Gasteiger charge is 2.47. The van der Waals surface area contributed by atoms with Crippen LogP contribution in [-0.2, 0) is 20.7 Å². The lowest BCUT2D eigenvalue weighted by Gasteiger charge is -2.30. The number of hydrogen-bond acceptors (Lipinski definition) is 4. The number of imide groups is 1. The minimum atomic E-state index is -0.443. The maximum Gasteiger partial charge on any atom is 0.262 e. The molecule has 3 heterocycles. The molecule has 3 aliphatic heterocycles. The maximum atomic E-state index is 12.3. The highest BCUT2D eigenvalue weighted by atomic mass is 16.5. The van der Waals surface area contributed by atoms with Crippen LogP contribution >= 0.6 is 0 Å². The third-order valence-electron chi connectivity index (χ3n) is 4.30. The molecule has 0 saturated carbocycles. The number of carbonyl (C=O) groups excluding carboxylic acids is 2. The lowest BCUT2D eigenvalue weighted by atomic mass is 10.0. The van der Waals surface area contributed by atoms with E-state index in [1.807, 2.05) is 18.2 Å². The molecule has 4 rings (SSSR count). The molecule has 2 bridgehead atoms. The normalized spacial score (nSPS) is 28.3. The second kappa shape index (κ2) is 4.31. The molecule has 0 aromatic heterocycles. The monoisotopic (exact) mass is 272 g/mol. The van der Waals surface area contributed by atoms with Gasteiger partial charge in [0.25, 0.3) is 11.8 Å². The first-order valence-corrected chi connectivity index (χ1v) is 7.14. The first-order valence-electron chi connectivity index (χ1n) is 7.14. The van der Waals surface area contributed by atoms with E-state index in [9.17, 15) is 9.59 Å². The van der Waals surface area contributed by atoms with Crippen LogP contribution in [-0.4, -0.2) is 30.6 Å². The zero-order valence-corrected chi connectivity index (χ0v) is 11.1. The molecular weight excluding hydrogens is 256 g/mol. The van der Waals surface area contributed by atoms with Crippen LogP contribution in [0.2, 0.25) is 0 Å². The fraction of sp³-hybridized carbons (Fsp3) is 0.467. The Morgan fingerprint density at radius 1 is 1.15 bits per heavy atom. The van der Waals surface area contributed by atoms with E-state index < -0.39 is 12.2 Å². The van der Waals surface area contributed by atoms with Crippen LogP contribution in [0.15, 0.2) is 18.2 Å². The van der Waals surface area contributed by atoms with Crippen LogP contribution in [0, 0.1) is 0 Å². The summed E-state index contributed by atoms with van der Waals surface area (Å²) in [6.07, 6.45) is 2.57. The minimum Gasteiger partial charge on any atom is -0.385 e. The zero-order valence-electron chi connectivity index (χ0n) is 11.1. The smallest absolute Gasteiger partial charge is 0.262 e. The van der Waals surface area contributed by atoms with Crippen molar-refractivity contribution in [3.63, 3.8) is 0 Å². The predicted molar refractivity (Wildman–Crippen MR) is 73.6 cm³/mol. The van der Waals surface area contributed by atoms with Gasteiger partial charge in [-0.05, 0) is 43.4 Å². The number of hydrogen-bond donors (Lipinski definition) is 1. The van der Waals surface area contributed by atoms with Crippen molar-refractivity contribution in [2.45, 2.75) is 37.9 Å². The average molecular weight is 272 g/mol. The fourth-order valence-electron chi connectivity index (χ4n) is 3.24. The van der Waals surface area contributed by atoms with Crippen LogP contribution in [0.5, 0.6) is 0 Å². The first-order chi connectivity index (χ1) is 9.74. The first kappa shape index (κ1) is 11.9. The molecule has 2 unspecified atom stereocenters. The van der Waals surface area contributed by atoms with E-state index in [1.54, 1.807) is 0 Å². The van der Waals surface area contributed by atoms with Crippen molar-refractivity contribution >= 4 is 23.2 Å². The third-order valence-corrected chi connectivity index (χ3v) is 4.30. The van der Waals surface area contributed by atoms with Crippen LogP contribution in [0.4, 0.5) is 11.4 Å². The topological polar surface area (TPSA) is 58.6 Å². The maximum absolute atomic E-state index is 12.3. The number of amides is 2. The summed E-state index contributed by atoms with van der Waals surface area (Å²) in [7, 11) is 0. The van der Waals surface area contributed by atoms with E-state index in [0.717, 1.165) is 25.1 Å². The number of nitrogens with zero attached hydrogens (tertiary/aromatic N) is 1. The number of anilines is 2. The minimum absolute atomic E-state index is 0.223. The Bertz CT molecular complexity index is 577. The molecule has 0 aliphatic carbocycles. The number of aryl methyl sites for hydroxylation is 1. The van der Waals surface area contributed by atoms with Crippen molar-refractivity contribution in [3.05, 3.63) is 23.8 Å². The van der Waals surface area contributed by atoms with Crippen molar-refractivity contribution in [2.75, 3.05) is 16.8 Å². The molecule has 5 heteroatoms. The van der Waals surface area contributed by atoms with Crippen LogP contribution in [0.25, 0.3) is 0 Å². The van der Waals surface area contributed by atoms with Gasteiger partial charge in [-0.1, -0.05) is 6.07 Å². The second-order valence-electron chi connectivity index (χ2n) is 5.57. The summed E-state index contributed by atoms with van der Waals surface area (Å²) in [5, 5.41) is 3.33. The van der Waals surface area contributed by atoms with Crippen molar-refractivity contribution in [1.82, 2.24) is 0 Å². The zero-order chi connectivity index (χ0) is 13.7. The summed E-state index contributed by atoms with van der Waals surface area (Å²) < 4.78 is 5.43. The van der Waals surface area contributed by atoms with E-state index in [-0.39, 0.29) is 11.8 Å². The van der Waals surface area contributed by atoms with Gasteiger partial charge in [0, 0.05) is 12.2 Å². The highest BCUT2D eigenvalue weighted by molar-refractivity contribution is 6.20. The lowest BCUT2D eigenvalue weighted by Crippen LogP contribution is -2.52. The number of carbonyl (C=O) groups is 2. The third kappa shape index (κ3) is 1.66. The number of ether oxygens (including phenoxy) is 1. The Hall–Kier alpha value is -1.88. The van der Waals surface area contributed by atoms with Crippen LogP contribution in [0.1, 0.15) is 24.8 Å². The summed E-state index contributed by atoms with van der Waals surface area (Å²) in [6.45, 7) is 0.937. The van der Waals surface area contributed by atoms with Crippen molar-refractivity contribution < 1.29 is 14.3 Å². The largest absolute Gasteiger partial charge is 0.385 e. The fourth-order valence-corrected chi connectivity index (χ4v) is 3.24. The number of fused-ring (bicyclic) bond motifs is 3. The van der Waals surface area contributed by atoms with Gasteiger partial charge in [-0.15, -0.1) is 0 Å². The van der Waals surface area contributed by atoms with Gasteiger partial charge in [0.15, 0.2) is 0 Å². The summed E-state index contributed by atoms with van der Waals surface area (Å²) in [5.41, 5.74) is 2.94. The summed E-state index contributed by atoms with van der Waals surface area (Å²) in [4.78, 5) is 26.0. The second-order valence-corrected chi connectivity index (χ2v) is 5.57. The molecule has 2 atom stereocenters. The van der Waals surface area contributed by atoms with E-state index in [1.165, 1.54) is 10.5 Å². The summed E-state index contributed by atoms with van der Waals surface area (Å²) in [5.74, 6) is -0.445. The molecule has 2 amide bonds. The van der Waals surface area contributed by atoms with Gasteiger partial charge in [-0.2, -0.15) is 0 Å². The Labute approximate surface area is 116 Å².